The largest absolute Gasteiger partial charge is 0.454 e. The number of para-hydroxylation sites is 1. The van der Waals surface area contributed by atoms with Gasteiger partial charge in [-0.1, -0.05) is 24.3 Å². The summed E-state index contributed by atoms with van der Waals surface area (Å²) in [5.74, 6) is 1.58. The number of nitrogens with zero attached hydrogens (tertiary/aromatic N) is 1. The van der Waals surface area contributed by atoms with Crippen LogP contribution in [0.4, 0.5) is 5.69 Å². The van der Waals surface area contributed by atoms with Gasteiger partial charge in [-0.25, -0.2) is 0 Å². The number of anilines is 1. The summed E-state index contributed by atoms with van der Waals surface area (Å²) in [6.07, 6.45) is 2.78. The molecule has 2 heterocycles. The molecule has 2 aromatic rings. The van der Waals surface area contributed by atoms with Crippen LogP contribution in [0.3, 0.4) is 0 Å². The highest BCUT2D eigenvalue weighted by molar-refractivity contribution is 5.76. The molecule has 0 fully saturated rings. The van der Waals surface area contributed by atoms with Gasteiger partial charge in [0.15, 0.2) is 11.5 Å². The average Bonchev–Trinajstić information content (AvgIpc) is 3.12. The van der Waals surface area contributed by atoms with Gasteiger partial charge in [-0.3, -0.25) is 4.79 Å². The zero-order valence-corrected chi connectivity index (χ0v) is 14.2. The van der Waals surface area contributed by atoms with E-state index in [4.69, 9.17) is 9.47 Å². The molecule has 0 saturated carbocycles. The highest BCUT2D eigenvalue weighted by atomic mass is 16.7. The molecular formula is C20H22N2O3. The minimum Gasteiger partial charge on any atom is -0.454 e. The highest BCUT2D eigenvalue weighted by Gasteiger charge is 2.17. The second kappa shape index (κ2) is 7.05. The van der Waals surface area contributed by atoms with E-state index in [1.54, 1.807) is 0 Å². The maximum absolute atomic E-state index is 12.2. The van der Waals surface area contributed by atoms with Crippen molar-refractivity contribution in [3.63, 3.8) is 0 Å². The van der Waals surface area contributed by atoms with Gasteiger partial charge in [-0.2, -0.15) is 0 Å². The molecule has 0 radical (unpaired) electrons. The van der Waals surface area contributed by atoms with Crippen LogP contribution in [-0.4, -0.2) is 25.8 Å². The summed E-state index contributed by atoms with van der Waals surface area (Å²) < 4.78 is 10.7. The van der Waals surface area contributed by atoms with Crippen LogP contribution in [0.5, 0.6) is 11.5 Å². The zero-order chi connectivity index (χ0) is 17.1. The van der Waals surface area contributed by atoms with Gasteiger partial charge in [0.1, 0.15) is 0 Å². The van der Waals surface area contributed by atoms with Crippen molar-refractivity contribution >= 4 is 11.6 Å². The van der Waals surface area contributed by atoms with Crippen LogP contribution in [0.15, 0.2) is 42.5 Å². The lowest BCUT2D eigenvalue weighted by molar-refractivity contribution is -0.121. The van der Waals surface area contributed by atoms with E-state index in [9.17, 15) is 4.79 Å². The first-order valence-corrected chi connectivity index (χ1v) is 8.78. The SMILES string of the molecule is O=C(CCN1CCCc2ccccc21)NCc1ccc2c(c1)OCO2. The normalized spacial score (nSPS) is 15.0. The van der Waals surface area contributed by atoms with E-state index >= 15 is 0 Å². The van der Waals surface area contributed by atoms with Crippen LogP contribution in [0, 0.1) is 0 Å². The molecule has 1 N–H and O–H groups in total. The van der Waals surface area contributed by atoms with E-state index in [-0.39, 0.29) is 12.7 Å². The molecule has 2 aromatic carbocycles. The minimum atomic E-state index is 0.0701. The molecule has 0 bridgehead atoms. The molecule has 0 unspecified atom stereocenters. The molecule has 5 heteroatoms. The van der Waals surface area contributed by atoms with Crippen LogP contribution in [0.1, 0.15) is 24.0 Å². The predicted octanol–water partition coefficient (Wildman–Crippen LogP) is 2.87. The third-order valence-electron chi connectivity index (χ3n) is 4.74. The van der Waals surface area contributed by atoms with E-state index in [1.165, 1.54) is 11.3 Å². The fraction of sp³-hybridized carbons (Fsp3) is 0.350. The molecule has 1 amide bonds. The van der Waals surface area contributed by atoms with Gasteiger partial charge in [-0.15, -0.1) is 0 Å². The first kappa shape index (κ1) is 15.8. The maximum Gasteiger partial charge on any atom is 0.231 e. The number of nitrogens with one attached hydrogen (secondary N) is 1. The predicted molar refractivity (Wildman–Crippen MR) is 96.0 cm³/mol. The number of benzene rings is 2. The monoisotopic (exact) mass is 338 g/mol. The molecule has 5 nitrogen and oxygen atoms in total. The van der Waals surface area contributed by atoms with E-state index in [0.717, 1.165) is 43.0 Å². The van der Waals surface area contributed by atoms with Crippen molar-refractivity contribution in [1.29, 1.82) is 0 Å². The maximum atomic E-state index is 12.2. The van der Waals surface area contributed by atoms with Gasteiger partial charge in [0.05, 0.1) is 0 Å². The van der Waals surface area contributed by atoms with Gasteiger partial charge < -0.3 is 19.7 Å². The van der Waals surface area contributed by atoms with Gasteiger partial charge in [0, 0.05) is 31.7 Å². The number of carbonyl (C=O) groups excluding carboxylic acids is 1. The summed E-state index contributed by atoms with van der Waals surface area (Å²) >= 11 is 0. The van der Waals surface area contributed by atoms with Crippen molar-refractivity contribution in [2.24, 2.45) is 0 Å². The Morgan fingerprint density at radius 3 is 2.96 bits per heavy atom. The Labute approximate surface area is 147 Å². The van der Waals surface area contributed by atoms with Crippen molar-refractivity contribution in [2.75, 3.05) is 24.8 Å². The third kappa shape index (κ3) is 3.55. The average molecular weight is 338 g/mol. The second-order valence-corrected chi connectivity index (χ2v) is 6.43. The van der Waals surface area contributed by atoms with Gasteiger partial charge in [-0.05, 0) is 42.2 Å². The van der Waals surface area contributed by atoms with Crippen LogP contribution >= 0.6 is 0 Å². The summed E-state index contributed by atoms with van der Waals surface area (Å²) in [6.45, 7) is 2.55. The lowest BCUT2D eigenvalue weighted by Crippen LogP contribution is -2.34. The Hall–Kier alpha value is -2.69. The van der Waals surface area contributed by atoms with Crippen LogP contribution < -0.4 is 19.7 Å². The number of hydrogen-bond donors (Lipinski definition) is 1. The first-order chi connectivity index (χ1) is 12.3. The number of carbonyl (C=O) groups is 1. The van der Waals surface area contributed by atoms with E-state index in [2.05, 4.69) is 34.5 Å². The molecule has 0 saturated heterocycles. The van der Waals surface area contributed by atoms with Crippen molar-refractivity contribution in [2.45, 2.75) is 25.8 Å². The fourth-order valence-electron chi connectivity index (χ4n) is 3.42. The van der Waals surface area contributed by atoms with Crippen LogP contribution in [-0.2, 0) is 17.8 Å². The molecule has 2 aliphatic rings. The molecular weight excluding hydrogens is 316 g/mol. The summed E-state index contributed by atoms with van der Waals surface area (Å²) in [4.78, 5) is 14.5. The van der Waals surface area contributed by atoms with Gasteiger partial charge in [0.2, 0.25) is 12.7 Å². The lowest BCUT2D eigenvalue weighted by Gasteiger charge is -2.31. The van der Waals surface area contributed by atoms with Crippen LogP contribution in [0.25, 0.3) is 0 Å². The Bertz CT molecular complexity index is 775. The molecule has 0 aromatic heterocycles. The quantitative estimate of drug-likeness (QED) is 0.911. The van der Waals surface area contributed by atoms with Crippen molar-refractivity contribution < 1.29 is 14.3 Å². The van der Waals surface area contributed by atoms with E-state index < -0.39 is 0 Å². The van der Waals surface area contributed by atoms with Gasteiger partial charge >= 0.3 is 0 Å². The van der Waals surface area contributed by atoms with E-state index in [0.29, 0.717) is 13.0 Å². The number of rotatable bonds is 5. The van der Waals surface area contributed by atoms with Gasteiger partial charge in [0.25, 0.3) is 0 Å². The molecule has 130 valence electrons. The Balaban J connectivity index is 1.29. The number of fused-ring (bicyclic) bond motifs is 2. The molecule has 0 aliphatic carbocycles. The Morgan fingerprint density at radius 2 is 2.00 bits per heavy atom. The number of amides is 1. The lowest BCUT2D eigenvalue weighted by atomic mass is 10.0. The highest BCUT2D eigenvalue weighted by Crippen LogP contribution is 2.32. The smallest absolute Gasteiger partial charge is 0.231 e. The molecule has 2 aliphatic heterocycles. The first-order valence-electron chi connectivity index (χ1n) is 8.78. The van der Waals surface area contributed by atoms with E-state index in [1.807, 2.05) is 18.2 Å². The zero-order valence-electron chi connectivity index (χ0n) is 14.2. The Morgan fingerprint density at radius 1 is 1.12 bits per heavy atom. The molecule has 4 rings (SSSR count). The number of ether oxygens (including phenoxy) is 2. The Kier molecular flexibility index (Phi) is 4.46. The topological polar surface area (TPSA) is 50.8 Å². The minimum absolute atomic E-state index is 0.0701. The number of hydrogen-bond acceptors (Lipinski definition) is 4. The number of aryl methyl sites for hydroxylation is 1. The second-order valence-electron chi connectivity index (χ2n) is 6.43. The summed E-state index contributed by atoms with van der Waals surface area (Å²) in [5.41, 5.74) is 3.67. The summed E-state index contributed by atoms with van der Waals surface area (Å²) in [7, 11) is 0. The summed E-state index contributed by atoms with van der Waals surface area (Å²) in [5, 5.41) is 2.99. The molecule has 0 spiro atoms. The molecule has 0 atom stereocenters. The third-order valence-corrected chi connectivity index (χ3v) is 4.74. The van der Waals surface area contributed by atoms with Crippen molar-refractivity contribution in [1.82, 2.24) is 5.32 Å². The summed E-state index contributed by atoms with van der Waals surface area (Å²) in [6, 6.07) is 14.2. The van der Waals surface area contributed by atoms with Crippen molar-refractivity contribution in [3.05, 3.63) is 53.6 Å². The van der Waals surface area contributed by atoms with Crippen molar-refractivity contribution in [3.8, 4) is 11.5 Å². The standard InChI is InChI=1S/C20H22N2O3/c23-20(21-13-15-7-8-18-19(12-15)25-14-24-18)9-11-22-10-3-5-16-4-1-2-6-17(16)22/h1-2,4,6-8,12H,3,5,9-11,13-14H2,(H,21,23). The molecule has 25 heavy (non-hydrogen) atoms. The fourth-order valence-corrected chi connectivity index (χ4v) is 3.42. The van der Waals surface area contributed by atoms with Crippen LogP contribution in [0.2, 0.25) is 0 Å².